The SMILES string of the molecule is CC1(C)c2ccccc2N(c2c(C#N)cccc2-c2cccc(C#N)c2B2c3ccccc3Sc3ccccc32)c2ccccc21. The smallest absolute Gasteiger partial charge is 0.246 e. The lowest BCUT2D eigenvalue weighted by Gasteiger charge is -2.43. The Morgan fingerprint density at radius 3 is 1.65 bits per heavy atom. The van der Waals surface area contributed by atoms with Crippen LogP contribution in [0.4, 0.5) is 17.1 Å². The second-order valence-electron chi connectivity index (χ2n) is 12.3. The highest BCUT2D eigenvalue weighted by Gasteiger charge is 2.39. The number of nitriles is 2. The molecular formula is C41H28BN3S. The third kappa shape index (κ3) is 4.13. The van der Waals surface area contributed by atoms with E-state index in [9.17, 15) is 10.5 Å². The summed E-state index contributed by atoms with van der Waals surface area (Å²) in [5.41, 5.74) is 11.5. The summed E-state index contributed by atoms with van der Waals surface area (Å²) < 4.78 is 0. The van der Waals surface area contributed by atoms with Crippen LogP contribution in [0.3, 0.4) is 0 Å². The molecule has 0 saturated carbocycles. The molecule has 2 aliphatic heterocycles. The van der Waals surface area contributed by atoms with Crippen LogP contribution in [0.5, 0.6) is 0 Å². The summed E-state index contributed by atoms with van der Waals surface area (Å²) in [4.78, 5) is 4.65. The van der Waals surface area contributed by atoms with Gasteiger partial charge in [-0.15, -0.1) is 0 Å². The maximum Gasteiger partial charge on any atom is 0.246 e. The van der Waals surface area contributed by atoms with Crippen molar-refractivity contribution < 1.29 is 0 Å². The van der Waals surface area contributed by atoms with Gasteiger partial charge < -0.3 is 4.90 Å². The van der Waals surface area contributed by atoms with Gasteiger partial charge >= 0.3 is 0 Å². The van der Waals surface area contributed by atoms with Gasteiger partial charge in [-0.3, -0.25) is 0 Å². The standard InChI is InChI=1S/C41H28BN3S/c1-41(2)31-17-3-7-21-35(31)45(36-22-8-4-18-32(36)41)40-28(26-44)14-12-16-30(40)29-15-11-13-27(25-43)39(29)42-33-19-5-9-23-37(33)46-38-24-10-6-20-34(38)42/h3-24H,1-2H3. The zero-order chi connectivity index (χ0) is 31.4. The summed E-state index contributed by atoms with van der Waals surface area (Å²) in [5.74, 6) is 0. The molecule has 0 spiro atoms. The Hall–Kier alpha value is -5.49. The van der Waals surface area contributed by atoms with Gasteiger partial charge in [0.1, 0.15) is 6.07 Å². The zero-order valence-corrected chi connectivity index (χ0v) is 26.3. The molecule has 0 aromatic heterocycles. The lowest BCUT2D eigenvalue weighted by Crippen LogP contribution is -2.56. The Labute approximate surface area is 274 Å². The number of nitrogens with zero attached hydrogens (tertiary/aromatic N) is 3. The highest BCUT2D eigenvalue weighted by molar-refractivity contribution is 8.00. The Kier molecular flexibility index (Phi) is 6.61. The van der Waals surface area contributed by atoms with Crippen LogP contribution in [0.15, 0.2) is 143 Å². The quantitative estimate of drug-likeness (QED) is 0.191. The summed E-state index contributed by atoms with van der Waals surface area (Å²) in [5, 5.41) is 21.3. The molecule has 0 amide bonds. The molecule has 0 N–H and O–H groups in total. The fourth-order valence-corrected chi connectivity index (χ4v) is 8.57. The van der Waals surface area contributed by atoms with E-state index in [-0.39, 0.29) is 12.1 Å². The van der Waals surface area contributed by atoms with Crippen LogP contribution >= 0.6 is 11.8 Å². The third-order valence-electron chi connectivity index (χ3n) is 9.50. The first-order valence-electron chi connectivity index (χ1n) is 15.4. The van der Waals surface area contributed by atoms with Gasteiger partial charge in [-0.1, -0.05) is 134 Å². The molecule has 0 saturated heterocycles. The van der Waals surface area contributed by atoms with Crippen molar-refractivity contribution in [3.05, 3.63) is 156 Å². The molecule has 6 aromatic rings. The molecule has 216 valence electrons. The highest BCUT2D eigenvalue weighted by Crippen LogP contribution is 2.54. The average molecular weight is 606 g/mol. The second-order valence-corrected chi connectivity index (χ2v) is 13.4. The van der Waals surface area contributed by atoms with Crippen LogP contribution < -0.4 is 21.3 Å². The minimum absolute atomic E-state index is 0.155. The van der Waals surface area contributed by atoms with Crippen molar-refractivity contribution in [1.29, 1.82) is 10.5 Å². The molecular weight excluding hydrogens is 577 g/mol. The number of rotatable bonds is 3. The van der Waals surface area contributed by atoms with E-state index in [4.69, 9.17) is 0 Å². The molecule has 0 unspecified atom stereocenters. The molecule has 46 heavy (non-hydrogen) atoms. The summed E-state index contributed by atoms with van der Waals surface area (Å²) >= 11 is 1.78. The summed E-state index contributed by atoms with van der Waals surface area (Å²) in [6, 6.07) is 51.1. The van der Waals surface area contributed by atoms with Crippen molar-refractivity contribution in [2.75, 3.05) is 4.90 Å². The van der Waals surface area contributed by atoms with Crippen molar-refractivity contribution in [3.63, 3.8) is 0 Å². The van der Waals surface area contributed by atoms with Crippen LogP contribution in [-0.4, -0.2) is 6.71 Å². The molecule has 5 heteroatoms. The minimum Gasteiger partial charge on any atom is -0.308 e. The number of benzene rings is 6. The van der Waals surface area contributed by atoms with Crippen LogP contribution in [0, 0.1) is 22.7 Å². The summed E-state index contributed by atoms with van der Waals surface area (Å²) in [6.07, 6.45) is 0. The number of hydrogen-bond acceptors (Lipinski definition) is 4. The molecule has 6 aromatic carbocycles. The van der Waals surface area contributed by atoms with Crippen LogP contribution in [0.25, 0.3) is 11.1 Å². The van der Waals surface area contributed by atoms with Crippen LogP contribution in [0.2, 0.25) is 0 Å². The maximum atomic E-state index is 10.7. The molecule has 2 heterocycles. The molecule has 0 aliphatic carbocycles. The Balaban J connectivity index is 1.46. The summed E-state index contributed by atoms with van der Waals surface area (Å²) in [7, 11) is 0. The zero-order valence-electron chi connectivity index (χ0n) is 25.5. The van der Waals surface area contributed by atoms with Gasteiger partial charge in [-0.2, -0.15) is 10.5 Å². The Morgan fingerprint density at radius 2 is 1.07 bits per heavy atom. The third-order valence-corrected chi connectivity index (χ3v) is 10.7. The first kappa shape index (κ1) is 28.0. The van der Waals surface area contributed by atoms with Gasteiger partial charge in [0, 0.05) is 26.3 Å². The van der Waals surface area contributed by atoms with E-state index < -0.39 is 0 Å². The van der Waals surface area contributed by atoms with E-state index >= 15 is 0 Å². The van der Waals surface area contributed by atoms with Crippen molar-refractivity contribution in [3.8, 4) is 23.3 Å². The van der Waals surface area contributed by atoms with E-state index in [0.29, 0.717) is 11.1 Å². The molecule has 8 rings (SSSR count). The maximum absolute atomic E-state index is 10.7. The van der Waals surface area contributed by atoms with Gasteiger partial charge in [-0.25, -0.2) is 0 Å². The number of hydrogen-bond donors (Lipinski definition) is 0. The highest BCUT2D eigenvalue weighted by atomic mass is 32.2. The van der Waals surface area contributed by atoms with E-state index in [1.165, 1.54) is 31.8 Å². The summed E-state index contributed by atoms with van der Waals surface area (Å²) in [6.45, 7) is 4.38. The van der Waals surface area contributed by atoms with E-state index in [2.05, 4.69) is 140 Å². The van der Waals surface area contributed by atoms with Crippen molar-refractivity contribution >= 4 is 51.9 Å². The molecule has 0 radical (unpaired) electrons. The van der Waals surface area contributed by atoms with Crippen LogP contribution in [0.1, 0.15) is 36.1 Å². The topological polar surface area (TPSA) is 50.8 Å². The fraction of sp³-hybridized carbons (Fsp3) is 0.0732. The Morgan fingerprint density at radius 1 is 0.565 bits per heavy atom. The first-order chi connectivity index (χ1) is 22.5. The van der Waals surface area contributed by atoms with Crippen molar-refractivity contribution in [1.82, 2.24) is 0 Å². The predicted octanol–water partition coefficient (Wildman–Crippen LogP) is 8.19. The largest absolute Gasteiger partial charge is 0.308 e. The van der Waals surface area contributed by atoms with E-state index in [1.807, 2.05) is 24.3 Å². The predicted molar refractivity (Wildman–Crippen MR) is 190 cm³/mol. The molecule has 2 aliphatic rings. The van der Waals surface area contributed by atoms with Gasteiger partial charge in [-0.05, 0) is 58.6 Å². The number of para-hydroxylation sites is 3. The molecule has 0 fully saturated rings. The van der Waals surface area contributed by atoms with Gasteiger partial charge in [0.2, 0.25) is 6.71 Å². The van der Waals surface area contributed by atoms with Gasteiger partial charge in [0.15, 0.2) is 0 Å². The second kappa shape index (κ2) is 10.8. The Bertz CT molecular complexity index is 2180. The molecule has 0 atom stereocenters. The lowest BCUT2D eigenvalue weighted by molar-refractivity contribution is 0.632. The minimum atomic E-state index is -0.232. The normalized spacial score (nSPS) is 13.8. The van der Waals surface area contributed by atoms with Gasteiger partial charge in [0.25, 0.3) is 0 Å². The van der Waals surface area contributed by atoms with Crippen LogP contribution in [-0.2, 0) is 5.41 Å². The monoisotopic (exact) mass is 605 g/mol. The fourth-order valence-electron chi connectivity index (χ4n) is 7.43. The van der Waals surface area contributed by atoms with Gasteiger partial charge in [0.05, 0.1) is 28.7 Å². The van der Waals surface area contributed by atoms with E-state index in [0.717, 1.165) is 33.7 Å². The number of fused-ring (bicyclic) bond motifs is 4. The average Bonchev–Trinajstić information content (AvgIpc) is 3.10. The lowest BCUT2D eigenvalue weighted by atomic mass is 9.35. The first-order valence-corrected chi connectivity index (χ1v) is 16.3. The molecule has 3 nitrogen and oxygen atoms in total. The molecule has 0 bridgehead atoms. The van der Waals surface area contributed by atoms with E-state index in [1.54, 1.807) is 11.8 Å². The van der Waals surface area contributed by atoms with Crippen molar-refractivity contribution in [2.24, 2.45) is 0 Å². The number of anilines is 3. The van der Waals surface area contributed by atoms with Crippen molar-refractivity contribution in [2.45, 2.75) is 29.1 Å².